The molecule has 0 aliphatic heterocycles. The van der Waals surface area contributed by atoms with Gasteiger partial charge in [0.1, 0.15) is 11.6 Å². The minimum absolute atomic E-state index is 0.0467. The van der Waals surface area contributed by atoms with Gasteiger partial charge in [-0.15, -0.1) is 0 Å². The molecule has 0 aliphatic rings. The maximum atomic E-state index is 13.2. The van der Waals surface area contributed by atoms with Crippen molar-refractivity contribution in [1.29, 1.82) is 0 Å². The first-order chi connectivity index (χ1) is 17.3. The molecule has 1 unspecified atom stereocenters. The molecule has 0 saturated carbocycles. The van der Waals surface area contributed by atoms with Crippen LogP contribution in [0.4, 0.5) is 4.79 Å². The lowest BCUT2D eigenvalue weighted by atomic mass is 9.96. The van der Waals surface area contributed by atoms with Crippen LogP contribution in [0.3, 0.4) is 0 Å². The number of aromatic nitrogens is 1. The van der Waals surface area contributed by atoms with Crippen molar-refractivity contribution >= 4 is 29.6 Å². The van der Waals surface area contributed by atoms with E-state index in [0.29, 0.717) is 16.1 Å². The van der Waals surface area contributed by atoms with Crippen LogP contribution >= 0.6 is 11.6 Å². The quantitative estimate of drug-likeness (QED) is 0.344. The summed E-state index contributed by atoms with van der Waals surface area (Å²) in [7, 11) is 0. The van der Waals surface area contributed by atoms with Crippen molar-refractivity contribution in [3.63, 3.8) is 0 Å². The van der Waals surface area contributed by atoms with Crippen LogP contribution in [0.15, 0.2) is 35.3 Å². The smallest absolute Gasteiger partial charge is 0.407 e. The molecule has 2 aromatic rings. The molecular weight excluding hydrogens is 500 g/mol. The zero-order valence-corrected chi connectivity index (χ0v) is 23.1. The molecule has 0 bridgehead atoms. The number of hydrogen-bond acceptors (Lipinski definition) is 7. The largest absolute Gasteiger partial charge is 0.462 e. The summed E-state index contributed by atoms with van der Waals surface area (Å²) < 4.78 is 17.1. The monoisotopic (exact) mass is 534 g/mol. The van der Waals surface area contributed by atoms with E-state index in [0.717, 1.165) is 0 Å². The number of rotatable bonds is 9. The number of nitrogens with one attached hydrogen (secondary N) is 1. The summed E-state index contributed by atoms with van der Waals surface area (Å²) in [5.74, 6) is -1.25. The Bertz CT molecular complexity index is 1200. The van der Waals surface area contributed by atoms with Crippen LogP contribution in [0.1, 0.15) is 76.9 Å². The molecule has 10 heteroatoms. The van der Waals surface area contributed by atoms with E-state index in [2.05, 4.69) is 5.32 Å². The van der Waals surface area contributed by atoms with Crippen LogP contribution < -0.4 is 10.9 Å². The number of nitrogens with zero attached hydrogens (tertiary/aromatic N) is 1. The van der Waals surface area contributed by atoms with Gasteiger partial charge >= 0.3 is 18.0 Å². The Morgan fingerprint density at radius 2 is 1.76 bits per heavy atom. The predicted molar refractivity (Wildman–Crippen MR) is 141 cm³/mol. The molecule has 37 heavy (non-hydrogen) atoms. The zero-order chi connectivity index (χ0) is 27.9. The lowest BCUT2D eigenvalue weighted by Gasteiger charge is -2.22. The highest BCUT2D eigenvalue weighted by molar-refractivity contribution is 6.31. The van der Waals surface area contributed by atoms with E-state index >= 15 is 0 Å². The Labute approximate surface area is 222 Å². The molecule has 0 radical (unpaired) electrons. The van der Waals surface area contributed by atoms with Crippen molar-refractivity contribution in [2.24, 2.45) is 0 Å². The minimum Gasteiger partial charge on any atom is -0.462 e. The number of ether oxygens (including phenoxy) is 3. The molecular formula is C27H35ClN2O7. The maximum Gasteiger partial charge on any atom is 0.407 e. The Morgan fingerprint density at radius 3 is 2.32 bits per heavy atom. The fourth-order valence-electron chi connectivity index (χ4n) is 3.61. The second kappa shape index (κ2) is 12.8. The number of carbonyl (C=O) groups excluding carboxylic acids is 3. The second-order valence-electron chi connectivity index (χ2n) is 9.63. The fraction of sp³-hybridized carbons (Fsp3) is 0.481. The van der Waals surface area contributed by atoms with E-state index in [9.17, 15) is 19.2 Å². The van der Waals surface area contributed by atoms with Gasteiger partial charge in [-0.05, 0) is 71.2 Å². The highest BCUT2D eigenvalue weighted by Crippen LogP contribution is 2.30. The predicted octanol–water partition coefficient (Wildman–Crippen LogP) is 5.27. The van der Waals surface area contributed by atoms with Gasteiger partial charge in [0.15, 0.2) is 0 Å². The van der Waals surface area contributed by atoms with Crippen LogP contribution in [-0.2, 0) is 25.5 Å². The third kappa shape index (κ3) is 8.35. The number of halogens is 1. The first-order valence-corrected chi connectivity index (χ1v) is 12.5. The highest BCUT2D eigenvalue weighted by atomic mass is 35.5. The van der Waals surface area contributed by atoms with Gasteiger partial charge in [-0.3, -0.25) is 4.79 Å². The summed E-state index contributed by atoms with van der Waals surface area (Å²) in [5, 5.41) is 3.04. The summed E-state index contributed by atoms with van der Waals surface area (Å²) in [6.45, 7) is 12.2. The molecule has 1 aromatic heterocycles. The Morgan fingerprint density at radius 1 is 1.08 bits per heavy atom. The zero-order valence-electron chi connectivity index (χ0n) is 22.3. The number of amides is 1. The number of pyridine rings is 1. The second-order valence-corrected chi connectivity index (χ2v) is 10.1. The number of carbonyl (C=O) groups is 3. The summed E-state index contributed by atoms with van der Waals surface area (Å²) in [5.41, 5.74) is 0.175. The molecule has 2 rings (SSSR count). The van der Waals surface area contributed by atoms with E-state index < -0.39 is 35.2 Å². The van der Waals surface area contributed by atoms with Gasteiger partial charge in [-0.2, -0.15) is 0 Å². The summed E-state index contributed by atoms with van der Waals surface area (Å²) in [6, 6.07) is 5.26. The molecule has 1 N–H and O–H groups in total. The standard InChI is InChI=1S/C27H35ClN2O7/c1-8-22(25(33)36-16(3)4)30-15-21(24(32)35-9-2)20(13-23(30)31)19-12-18(28)11-10-17(19)14-29-26(34)37-27(5,6)7/h10-13,15-16,22H,8-9,14H2,1-7H3,(H,29,34). The van der Waals surface area contributed by atoms with E-state index in [4.69, 9.17) is 25.8 Å². The summed E-state index contributed by atoms with van der Waals surface area (Å²) >= 11 is 6.27. The van der Waals surface area contributed by atoms with Crippen molar-refractivity contribution in [2.45, 2.75) is 79.2 Å². The molecule has 1 heterocycles. The summed E-state index contributed by atoms with van der Waals surface area (Å²) in [6.07, 6.45) is 0.601. The molecule has 0 spiro atoms. The van der Waals surface area contributed by atoms with E-state index in [1.165, 1.54) is 16.8 Å². The van der Waals surface area contributed by atoms with Crippen molar-refractivity contribution in [1.82, 2.24) is 9.88 Å². The lowest BCUT2D eigenvalue weighted by Crippen LogP contribution is -2.33. The Balaban J connectivity index is 2.63. The molecule has 1 aromatic carbocycles. The number of alkyl carbamates (subject to hydrolysis) is 1. The van der Waals surface area contributed by atoms with Crippen LogP contribution in [0.25, 0.3) is 11.1 Å². The van der Waals surface area contributed by atoms with Crippen LogP contribution in [0.5, 0.6) is 0 Å². The van der Waals surface area contributed by atoms with Gasteiger partial charge in [0.25, 0.3) is 5.56 Å². The van der Waals surface area contributed by atoms with Crippen LogP contribution in [0, 0.1) is 0 Å². The van der Waals surface area contributed by atoms with E-state index in [-0.39, 0.29) is 36.8 Å². The SMILES string of the molecule is CCOC(=O)c1cn(C(CC)C(=O)OC(C)C)c(=O)cc1-c1cc(Cl)ccc1CNC(=O)OC(C)(C)C. The van der Waals surface area contributed by atoms with Gasteiger partial charge in [-0.25, -0.2) is 14.4 Å². The average Bonchev–Trinajstić information content (AvgIpc) is 2.78. The van der Waals surface area contributed by atoms with Gasteiger partial charge in [0.2, 0.25) is 0 Å². The fourth-order valence-corrected chi connectivity index (χ4v) is 3.78. The normalized spacial score (nSPS) is 12.1. The molecule has 9 nitrogen and oxygen atoms in total. The number of benzene rings is 1. The lowest BCUT2D eigenvalue weighted by molar-refractivity contribution is -0.151. The van der Waals surface area contributed by atoms with Crippen molar-refractivity contribution in [3.05, 3.63) is 57.0 Å². The molecule has 0 fully saturated rings. The Kier molecular flexibility index (Phi) is 10.3. The minimum atomic E-state index is -0.926. The van der Waals surface area contributed by atoms with Crippen LogP contribution in [-0.4, -0.2) is 40.9 Å². The summed E-state index contributed by atoms with van der Waals surface area (Å²) in [4.78, 5) is 51.1. The van der Waals surface area contributed by atoms with E-state index in [1.807, 2.05) is 0 Å². The average molecular weight is 535 g/mol. The van der Waals surface area contributed by atoms with Crippen molar-refractivity contribution < 1.29 is 28.6 Å². The molecule has 1 amide bonds. The number of esters is 2. The number of hydrogen-bond donors (Lipinski definition) is 1. The van der Waals surface area contributed by atoms with Crippen LogP contribution in [0.2, 0.25) is 5.02 Å². The van der Waals surface area contributed by atoms with Gasteiger partial charge in [0.05, 0.1) is 18.3 Å². The van der Waals surface area contributed by atoms with Gasteiger partial charge < -0.3 is 24.1 Å². The first kappa shape index (κ1) is 29.9. The topological polar surface area (TPSA) is 113 Å². The van der Waals surface area contributed by atoms with Crippen molar-refractivity contribution in [2.75, 3.05) is 6.61 Å². The molecule has 202 valence electrons. The molecule has 0 saturated heterocycles. The third-order valence-electron chi connectivity index (χ3n) is 5.11. The Hall–Kier alpha value is -3.33. The molecule has 1 atom stereocenters. The van der Waals surface area contributed by atoms with Gasteiger partial charge in [0, 0.05) is 29.4 Å². The molecule has 0 aliphatic carbocycles. The maximum absolute atomic E-state index is 13.2. The van der Waals surface area contributed by atoms with E-state index in [1.54, 1.807) is 66.7 Å². The third-order valence-corrected chi connectivity index (χ3v) is 5.34. The highest BCUT2D eigenvalue weighted by Gasteiger charge is 2.26. The van der Waals surface area contributed by atoms with Gasteiger partial charge in [-0.1, -0.05) is 24.6 Å². The van der Waals surface area contributed by atoms with Crippen molar-refractivity contribution in [3.8, 4) is 11.1 Å². The first-order valence-electron chi connectivity index (χ1n) is 12.2.